The molecule has 21 heavy (non-hydrogen) atoms. The molecule has 0 fully saturated rings. The summed E-state index contributed by atoms with van der Waals surface area (Å²) in [5.74, 6) is -0.755. The SMILES string of the molecule is COCCOC(=O)CCC(=O)Nc1ccc(C(C)=O)cc1. The molecular weight excluding hydrogens is 274 g/mol. The second kappa shape index (κ2) is 8.86. The highest BCUT2D eigenvalue weighted by Gasteiger charge is 2.08. The number of anilines is 1. The van der Waals surface area contributed by atoms with Gasteiger partial charge in [0, 0.05) is 24.8 Å². The molecule has 0 aliphatic rings. The second-order valence-corrected chi connectivity index (χ2v) is 4.39. The zero-order valence-corrected chi connectivity index (χ0v) is 12.2. The summed E-state index contributed by atoms with van der Waals surface area (Å²) in [5.41, 5.74) is 1.16. The van der Waals surface area contributed by atoms with Crippen molar-refractivity contribution in [2.45, 2.75) is 19.8 Å². The highest BCUT2D eigenvalue weighted by molar-refractivity contribution is 5.96. The van der Waals surface area contributed by atoms with E-state index in [0.29, 0.717) is 17.9 Å². The number of carbonyl (C=O) groups excluding carboxylic acids is 3. The molecule has 1 rings (SSSR count). The van der Waals surface area contributed by atoms with Crippen LogP contribution in [0.4, 0.5) is 5.69 Å². The number of methoxy groups -OCH3 is 1. The van der Waals surface area contributed by atoms with Crippen molar-refractivity contribution in [3.8, 4) is 0 Å². The summed E-state index contributed by atoms with van der Waals surface area (Å²) in [4.78, 5) is 34.1. The Morgan fingerprint density at radius 3 is 2.29 bits per heavy atom. The van der Waals surface area contributed by atoms with Crippen LogP contribution < -0.4 is 5.32 Å². The molecule has 1 aromatic rings. The monoisotopic (exact) mass is 293 g/mol. The summed E-state index contributed by atoms with van der Waals surface area (Å²) < 4.78 is 9.59. The summed E-state index contributed by atoms with van der Waals surface area (Å²) in [6, 6.07) is 6.56. The van der Waals surface area contributed by atoms with E-state index in [1.165, 1.54) is 14.0 Å². The Morgan fingerprint density at radius 1 is 1.05 bits per heavy atom. The van der Waals surface area contributed by atoms with Gasteiger partial charge in [0.1, 0.15) is 6.61 Å². The van der Waals surface area contributed by atoms with Gasteiger partial charge in [-0.2, -0.15) is 0 Å². The Morgan fingerprint density at radius 2 is 1.71 bits per heavy atom. The second-order valence-electron chi connectivity index (χ2n) is 4.39. The van der Waals surface area contributed by atoms with Crippen LogP contribution in [0.3, 0.4) is 0 Å². The van der Waals surface area contributed by atoms with Gasteiger partial charge in [-0.1, -0.05) is 0 Å². The average molecular weight is 293 g/mol. The van der Waals surface area contributed by atoms with Crippen LogP contribution >= 0.6 is 0 Å². The number of esters is 1. The number of Topliss-reactive ketones (excluding diaryl/α,β-unsaturated/α-hetero) is 1. The molecule has 1 aromatic carbocycles. The molecule has 0 aliphatic heterocycles. The number of hydrogen-bond acceptors (Lipinski definition) is 5. The molecule has 1 N–H and O–H groups in total. The Kier molecular flexibility index (Phi) is 7.11. The van der Waals surface area contributed by atoms with Crippen molar-refractivity contribution < 1.29 is 23.9 Å². The van der Waals surface area contributed by atoms with Crippen LogP contribution in [-0.2, 0) is 19.1 Å². The van der Waals surface area contributed by atoms with Crippen molar-refractivity contribution in [3.05, 3.63) is 29.8 Å². The van der Waals surface area contributed by atoms with E-state index in [1.807, 2.05) is 0 Å². The van der Waals surface area contributed by atoms with E-state index < -0.39 is 5.97 Å². The van der Waals surface area contributed by atoms with Gasteiger partial charge in [-0.15, -0.1) is 0 Å². The van der Waals surface area contributed by atoms with E-state index in [4.69, 9.17) is 9.47 Å². The Hall–Kier alpha value is -2.21. The number of nitrogens with one attached hydrogen (secondary N) is 1. The zero-order chi connectivity index (χ0) is 15.7. The predicted octanol–water partition coefficient (Wildman–Crippen LogP) is 1.80. The fourth-order valence-electron chi connectivity index (χ4n) is 1.54. The molecule has 0 heterocycles. The number of amides is 1. The van der Waals surface area contributed by atoms with Crippen molar-refractivity contribution >= 4 is 23.3 Å². The van der Waals surface area contributed by atoms with Crippen molar-refractivity contribution in [2.75, 3.05) is 25.6 Å². The van der Waals surface area contributed by atoms with Gasteiger partial charge in [-0.3, -0.25) is 14.4 Å². The smallest absolute Gasteiger partial charge is 0.306 e. The lowest BCUT2D eigenvalue weighted by atomic mass is 10.1. The Labute approximate surface area is 123 Å². The van der Waals surface area contributed by atoms with E-state index in [0.717, 1.165) is 0 Å². The molecule has 0 bridgehead atoms. The fourth-order valence-corrected chi connectivity index (χ4v) is 1.54. The Balaban J connectivity index is 2.33. The van der Waals surface area contributed by atoms with Crippen LogP contribution in [0, 0.1) is 0 Å². The first-order valence-corrected chi connectivity index (χ1v) is 6.58. The van der Waals surface area contributed by atoms with E-state index >= 15 is 0 Å². The molecule has 0 saturated carbocycles. The molecule has 6 nitrogen and oxygen atoms in total. The maximum atomic E-state index is 11.7. The predicted molar refractivity (Wildman–Crippen MR) is 77.1 cm³/mol. The van der Waals surface area contributed by atoms with Crippen molar-refractivity contribution in [2.24, 2.45) is 0 Å². The first-order valence-electron chi connectivity index (χ1n) is 6.58. The number of rotatable bonds is 8. The van der Waals surface area contributed by atoms with E-state index in [-0.39, 0.29) is 31.1 Å². The highest BCUT2D eigenvalue weighted by Crippen LogP contribution is 2.10. The minimum absolute atomic E-state index is 0.0150. The molecular formula is C15H19NO5. The third-order valence-corrected chi connectivity index (χ3v) is 2.68. The molecule has 0 aromatic heterocycles. The number of benzene rings is 1. The molecule has 114 valence electrons. The lowest BCUT2D eigenvalue weighted by Gasteiger charge is -2.06. The number of carbonyl (C=O) groups is 3. The molecule has 0 unspecified atom stereocenters. The van der Waals surface area contributed by atoms with Gasteiger partial charge in [-0.25, -0.2) is 0 Å². The van der Waals surface area contributed by atoms with Gasteiger partial charge in [0.05, 0.1) is 13.0 Å². The van der Waals surface area contributed by atoms with Crippen LogP contribution in [0.5, 0.6) is 0 Å². The minimum atomic E-state index is -0.436. The van der Waals surface area contributed by atoms with Gasteiger partial charge >= 0.3 is 5.97 Å². The highest BCUT2D eigenvalue weighted by atomic mass is 16.6. The number of ether oxygens (including phenoxy) is 2. The quantitative estimate of drug-likeness (QED) is 0.449. The standard InChI is InChI=1S/C15H19NO5/c1-11(17)12-3-5-13(6-4-12)16-14(18)7-8-15(19)21-10-9-20-2/h3-6H,7-10H2,1-2H3,(H,16,18). The van der Waals surface area contributed by atoms with E-state index in [9.17, 15) is 14.4 Å². The molecule has 0 radical (unpaired) electrons. The largest absolute Gasteiger partial charge is 0.463 e. The summed E-state index contributed by atoms with van der Waals surface area (Å²) in [7, 11) is 1.51. The summed E-state index contributed by atoms with van der Waals surface area (Å²) in [6.45, 7) is 1.99. The maximum absolute atomic E-state index is 11.7. The van der Waals surface area contributed by atoms with Crippen molar-refractivity contribution in [3.63, 3.8) is 0 Å². The van der Waals surface area contributed by atoms with Crippen molar-refractivity contribution in [1.29, 1.82) is 0 Å². The molecule has 0 spiro atoms. The lowest BCUT2D eigenvalue weighted by molar-refractivity contribution is -0.145. The molecule has 0 saturated heterocycles. The molecule has 1 amide bonds. The fraction of sp³-hybridized carbons (Fsp3) is 0.400. The molecule has 0 atom stereocenters. The third-order valence-electron chi connectivity index (χ3n) is 2.68. The normalized spacial score (nSPS) is 10.0. The maximum Gasteiger partial charge on any atom is 0.306 e. The van der Waals surface area contributed by atoms with Gasteiger partial charge in [0.2, 0.25) is 5.91 Å². The van der Waals surface area contributed by atoms with Gasteiger partial charge in [-0.05, 0) is 31.2 Å². The first kappa shape index (κ1) is 16.8. The van der Waals surface area contributed by atoms with Crippen molar-refractivity contribution in [1.82, 2.24) is 0 Å². The van der Waals surface area contributed by atoms with Crippen LogP contribution in [0.1, 0.15) is 30.1 Å². The first-order chi connectivity index (χ1) is 10.0. The van der Waals surface area contributed by atoms with Crippen LogP contribution in [0.15, 0.2) is 24.3 Å². The molecule has 0 aliphatic carbocycles. The van der Waals surface area contributed by atoms with Gasteiger partial charge in [0.15, 0.2) is 5.78 Å². The van der Waals surface area contributed by atoms with Crippen LogP contribution in [0.2, 0.25) is 0 Å². The average Bonchev–Trinajstić information content (AvgIpc) is 2.46. The number of hydrogen-bond donors (Lipinski definition) is 1. The van der Waals surface area contributed by atoms with Crippen LogP contribution in [-0.4, -0.2) is 38.0 Å². The topological polar surface area (TPSA) is 81.7 Å². The number of ketones is 1. The Bertz CT molecular complexity index is 495. The zero-order valence-electron chi connectivity index (χ0n) is 12.2. The van der Waals surface area contributed by atoms with Gasteiger partial charge in [0.25, 0.3) is 0 Å². The van der Waals surface area contributed by atoms with E-state index in [2.05, 4.69) is 5.32 Å². The molecule has 6 heteroatoms. The summed E-state index contributed by atoms with van der Waals surface area (Å²) >= 11 is 0. The van der Waals surface area contributed by atoms with Gasteiger partial charge < -0.3 is 14.8 Å². The van der Waals surface area contributed by atoms with Crippen LogP contribution in [0.25, 0.3) is 0 Å². The lowest BCUT2D eigenvalue weighted by Crippen LogP contribution is -2.15. The summed E-state index contributed by atoms with van der Waals surface area (Å²) in [6.07, 6.45) is 0.0569. The third kappa shape index (κ3) is 6.67. The summed E-state index contributed by atoms with van der Waals surface area (Å²) in [5, 5.41) is 2.65. The minimum Gasteiger partial charge on any atom is -0.463 e. The van der Waals surface area contributed by atoms with E-state index in [1.54, 1.807) is 24.3 Å².